The molecule has 0 radical (unpaired) electrons. The summed E-state index contributed by atoms with van der Waals surface area (Å²) in [5.41, 5.74) is 3.48. The lowest BCUT2D eigenvalue weighted by Gasteiger charge is -2.10. The third-order valence-electron chi connectivity index (χ3n) is 4.19. The van der Waals surface area contributed by atoms with Gasteiger partial charge in [0.2, 0.25) is 0 Å². The van der Waals surface area contributed by atoms with Crippen molar-refractivity contribution >= 4 is 38.4 Å². The van der Waals surface area contributed by atoms with Gasteiger partial charge in [-0.25, -0.2) is 4.39 Å². The largest absolute Gasteiger partial charge is 0.472 e. The summed E-state index contributed by atoms with van der Waals surface area (Å²) in [7, 11) is 0. The number of amides is 1. The predicted octanol–water partition coefficient (Wildman–Crippen LogP) is 5.29. The molecule has 4 rings (SSSR count). The highest BCUT2D eigenvalue weighted by atomic mass is 79.9. The summed E-state index contributed by atoms with van der Waals surface area (Å²) in [6, 6.07) is 10.00. The monoisotopic (exact) mass is 413 g/mol. The second-order valence-corrected chi connectivity index (χ2v) is 6.68. The highest BCUT2D eigenvalue weighted by molar-refractivity contribution is 9.10. The van der Waals surface area contributed by atoms with Crippen molar-refractivity contribution in [3.05, 3.63) is 70.3 Å². The van der Waals surface area contributed by atoms with Crippen LogP contribution in [0, 0.1) is 12.7 Å². The number of nitrogens with one attached hydrogen (secondary N) is 2. The number of nitrogens with zero attached hydrogens (tertiary/aromatic N) is 1. The van der Waals surface area contributed by atoms with Crippen molar-refractivity contribution < 1.29 is 13.6 Å². The second kappa shape index (κ2) is 6.42. The van der Waals surface area contributed by atoms with Crippen LogP contribution >= 0.6 is 15.9 Å². The van der Waals surface area contributed by atoms with Crippen molar-refractivity contribution in [3.8, 4) is 11.3 Å². The van der Waals surface area contributed by atoms with E-state index in [4.69, 9.17) is 4.42 Å². The number of hydrogen-bond donors (Lipinski definition) is 2. The number of furan rings is 1. The fourth-order valence-corrected chi connectivity index (χ4v) is 3.17. The molecule has 2 aromatic heterocycles. The quantitative estimate of drug-likeness (QED) is 0.479. The topological polar surface area (TPSA) is 70.9 Å². The van der Waals surface area contributed by atoms with Crippen molar-refractivity contribution in [1.29, 1.82) is 0 Å². The van der Waals surface area contributed by atoms with Gasteiger partial charge >= 0.3 is 0 Å². The van der Waals surface area contributed by atoms with Gasteiger partial charge in [0.25, 0.3) is 5.91 Å². The van der Waals surface area contributed by atoms with E-state index in [0.717, 1.165) is 22.2 Å². The molecule has 0 aliphatic heterocycles. The average Bonchev–Trinajstić information content (AvgIpc) is 3.27. The van der Waals surface area contributed by atoms with E-state index in [1.54, 1.807) is 43.7 Å². The summed E-state index contributed by atoms with van der Waals surface area (Å²) in [4.78, 5) is 12.6. The van der Waals surface area contributed by atoms with E-state index in [9.17, 15) is 9.18 Å². The Hall–Kier alpha value is -2.93. The number of aromatic nitrogens is 2. The molecule has 0 unspecified atom stereocenters. The molecular formula is C19H13BrFN3O2. The van der Waals surface area contributed by atoms with Crippen molar-refractivity contribution in [2.45, 2.75) is 6.92 Å². The van der Waals surface area contributed by atoms with Crippen LogP contribution < -0.4 is 5.32 Å². The zero-order valence-corrected chi connectivity index (χ0v) is 15.2. The summed E-state index contributed by atoms with van der Waals surface area (Å²) in [5.74, 6) is -1.07. The summed E-state index contributed by atoms with van der Waals surface area (Å²) < 4.78 is 19.9. The average molecular weight is 414 g/mol. The minimum atomic E-state index is -0.563. The van der Waals surface area contributed by atoms with E-state index in [1.165, 1.54) is 6.07 Å². The van der Waals surface area contributed by atoms with Gasteiger partial charge in [0, 0.05) is 21.1 Å². The maximum atomic E-state index is 14.1. The molecule has 0 saturated carbocycles. The molecule has 0 aliphatic carbocycles. The van der Waals surface area contributed by atoms with Crippen LogP contribution in [0.3, 0.4) is 0 Å². The highest BCUT2D eigenvalue weighted by Gasteiger charge is 2.18. The maximum Gasteiger partial charge on any atom is 0.258 e. The highest BCUT2D eigenvalue weighted by Crippen LogP contribution is 2.29. The van der Waals surface area contributed by atoms with Gasteiger partial charge < -0.3 is 9.73 Å². The summed E-state index contributed by atoms with van der Waals surface area (Å²) in [6.45, 7) is 1.69. The SMILES string of the molecule is Cc1c(Br)ccc(F)c1C(=O)Nc1ccc2[nH]nc(-c3ccoc3)c2c1. The zero-order valence-electron chi connectivity index (χ0n) is 13.6. The van der Waals surface area contributed by atoms with Gasteiger partial charge in [0.15, 0.2) is 0 Å². The third kappa shape index (κ3) is 2.80. The van der Waals surface area contributed by atoms with Crippen LogP contribution in [-0.4, -0.2) is 16.1 Å². The maximum absolute atomic E-state index is 14.1. The van der Waals surface area contributed by atoms with Crippen molar-refractivity contribution in [2.75, 3.05) is 5.32 Å². The van der Waals surface area contributed by atoms with E-state index in [-0.39, 0.29) is 5.56 Å². The van der Waals surface area contributed by atoms with Gasteiger partial charge in [-0.3, -0.25) is 9.89 Å². The third-order valence-corrected chi connectivity index (χ3v) is 5.05. The number of halogens is 2. The fourth-order valence-electron chi connectivity index (χ4n) is 2.84. The summed E-state index contributed by atoms with van der Waals surface area (Å²) in [5, 5.41) is 10.8. The molecule has 0 atom stereocenters. The number of aromatic amines is 1. The normalized spacial score (nSPS) is 11.0. The zero-order chi connectivity index (χ0) is 18.3. The van der Waals surface area contributed by atoms with Crippen molar-refractivity contribution in [3.63, 3.8) is 0 Å². The number of anilines is 1. The molecule has 26 heavy (non-hydrogen) atoms. The lowest BCUT2D eigenvalue weighted by atomic mass is 10.1. The number of carbonyl (C=O) groups excluding carboxylic acids is 1. The molecule has 4 aromatic rings. The van der Waals surface area contributed by atoms with Crippen LogP contribution in [0.15, 0.2) is 57.8 Å². The second-order valence-electron chi connectivity index (χ2n) is 5.83. The number of rotatable bonds is 3. The Balaban J connectivity index is 1.71. The molecule has 0 spiro atoms. The molecule has 2 N–H and O–H groups in total. The molecule has 0 fully saturated rings. The van der Waals surface area contributed by atoms with Crippen LogP contribution in [-0.2, 0) is 0 Å². The molecule has 130 valence electrons. The minimum absolute atomic E-state index is 0.0155. The first kappa shape index (κ1) is 16.5. The van der Waals surface area contributed by atoms with E-state index in [1.807, 2.05) is 6.07 Å². The molecule has 0 bridgehead atoms. The molecule has 0 saturated heterocycles. The molecule has 0 aliphatic rings. The van der Waals surface area contributed by atoms with Crippen LogP contribution in [0.1, 0.15) is 15.9 Å². The summed E-state index contributed by atoms with van der Waals surface area (Å²) in [6.07, 6.45) is 3.17. The number of benzene rings is 2. The number of H-pyrrole nitrogens is 1. The van der Waals surface area contributed by atoms with Gasteiger partial charge in [0.05, 0.1) is 23.6 Å². The van der Waals surface area contributed by atoms with Gasteiger partial charge in [-0.05, 0) is 48.9 Å². The fraction of sp³-hybridized carbons (Fsp3) is 0.0526. The van der Waals surface area contributed by atoms with Crippen LogP contribution in [0.4, 0.5) is 10.1 Å². The Morgan fingerprint density at radius 2 is 2.12 bits per heavy atom. The van der Waals surface area contributed by atoms with E-state index in [0.29, 0.717) is 15.7 Å². The molecular weight excluding hydrogens is 401 g/mol. The predicted molar refractivity (Wildman–Crippen MR) is 101 cm³/mol. The van der Waals surface area contributed by atoms with Crippen molar-refractivity contribution in [1.82, 2.24) is 10.2 Å². The number of carbonyl (C=O) groups is 1. The van der Waals surface area contributed by atoms with E-state index in [2.05, 4.69) is 31.4 Å². The number of hydrogen-bond acceptors (Lipinski definition) is 3. The first-order valence-corrected chi connectivity index (χ1v) is 8.60. The Kier molecular flexibility index (Phi) is 4.08. The van der Waals surface area contributed by atoms with Crippen molar-refractivity contribution in [2.24, 2.45) is 0 Å². The lowest BCUT2D eigenvalue weighted by molar-refractivity contribution is 0.102. The smallest absolute Gasteiger partial charge is 0.258 e. The van der Waals surface area contributed by atoms with Gasteiger partial charge in [-0.15, -0.1) is 0 Å². The molecule has 1 amide bonds. The van der Waals surface area contributed by atoms with E-state index >= 15 is 0 Å². The first-order valence-electron chi connectivity index (χ1n) is 7.81. The van der Waals surface area contributed by atoms with Gasteiger partial charge in [0.1, 0.15) is 11.5 Å². The van der Waals surface area contributed by atoms with Crippen LogP contribution in [0.5, 0.6) is 0 Å². The molecule has 2 heterocycles. The van der Waals surface area contributed by atoms with Crippen LogP contribution in [0.25, 0.3) is 22.2 Å². The Bertz CT molecular complexity index is 1120. The molecule has 7 heteroatoms. The standard InChI is InChI=1S/C19H13BrFN3O2/c1-10-14(20)3-4-15(21)17(10)19(25)22-12-2-5-16-13(8-12)18(24-23-16)11-6-7-26-9-11/h2-9H,1H3,(H,22,25)(H,23,24). The molecule has 5 nitrogen and oxygen atoms in total. The Morgan fingerprint density at radius 3 is 2.88 bits per heavy atom. The number of fused-ring (bicyclic) bond motifs is 1. The van der Waals surface area contributed by atoms with E-state index < -0.39 is 11.7 Å². The molecule has 2 aromatic carbocycles. The lowest BCUT2D eigenvalue weighted by Crippen LogP contribution is -2.15. The van der Waals surface area contributed by atoms with Gasteiger partial charge in [-0.1, -0.05) is 15.9 Å². The minimum Gasteiger partial charge on any atom is -0.472 e. The Morgan fingerprint density at radius 1 is 1.27 bits per heavy atom. The van der Waals surface area contributed by atoms with Gasteiger partial charge in [-0.2, -0.15) is 5.10 Å². The Labute approximate surface area is 156 Å². The van der Waals surface area contributed by atoms with Crippen LogP contribution in [0.2, 0.25) is 0 Å². The first-order chi connectivity index (χ1) is 12.5. The summed E-state index contributed by atoms with van der Waals surface area (Å²) >= 11 is 3.32.